The molecule has 2 atom stereocenters. The molecule has 0 heterocycles. The highest BCUT2D eigenvalue weighted by Gasteiger charge is 2.27. The lowest BCUT2D eigenvalue weighted by Crippen LogP contribution is -2.23. The van der Waals surface area contributed by atoms with Gasteiger partial charge in [-0.05, 0) is 33.9 Å². The van der Waals surface area contributed by atoms with Gasteiger partial charge in [-0.15, -0.1) is 0 Å². The molecule has 1 aromatic rings. The molecular weight excluding hydrogens is 258 g/mol. The Morgan fingerprint density at radius 1 is 1.05 bits per heavy atom. The van der Waals surface area contributed by atoms with E-state index in [-0.39, 0.29) is 16.9 Å². The number of hydrogen-bond donors (Lipinski definition) is 2. The fourth-order valence-electron chi connectivity index (χ4n) is 2.48. The monoisotopic (exact) mass is 291 g/mol. The fraction of sp³-hybridized carbons (Fsp3) is 0.684. The standard InChI is InChI=1S/C19H33NO/c1-9-12(2)16(20)14-10-13(18(3,4)5)11-15(17(14)21)19(6,7)8/h10-12,16,21H,9,20H2,1-8H3/t12?,16-/m0/s1. The van der Waals surface area contributed by atoms with Gasteiger partial charge in [0, 0.05) is 11.6 Å². The molecule has 0 radical (unpaired) electrons. The minimum Gasteiger partial charge on any atom is -0.507 e. The third kappa shape index (κ3) is 4.00. The number of aromatic hydroxyl groups is 1. The van der Waals surface area contributed by atoms with E-state index in [1.54, 1.807) is 0 Å². The van der Waals surface area contributed by atoms with Gasteiger partial charge in [0.1, 0.15) is 5.75 Å². The maximum atomic E-state index is 10.7. The summed E-state index contributed by atoms with van der Waals surface area (Å²) in [6, 6.07) is 4.11. The van der Waals surface area contributed by atoms with Crippen LogP contribution >= 0.6 is 0 Å². The number of benzene rings is 1. The largest absolute Gasteiger partial charge is 0.507 e. The summed E-state index contributed by atoms with van der Waals surface area (Å²) in [7, 11) is 0. The van der Waals surface area contributed by atoms with Gasteiger partial charge in [-0.3, -0.25) is 0 Å². The molecule has 0 aliphatic rings. The first-order chi connectivity index (χ1) is 9.39. The number of nitrogens with two attached hydrogens (primary N) is 1. The molecule has 21 heavy (non-hydrogen) atoms. The smallest absolute Gasteiger partial charge is 0.124 e. The van der Waals surface area contributed by atoms with Crippen molar-refractivity contribution < 1.29 is 5.11 Å². The van der Waals surface area contributed by atoms with Crippen LogP contribution in [-0.4, -0.2) is 5.11 Å². The second-order valence-corrected chi connectivity index (χ2v) is 8.37. The molecule has 0 aliphatic carbocycles. The number of phenols is 1. The number of phenolic OH excluding ortho intramolecular Hbond substituents is 1. The highest BCUT2D eigenvalue weighted by molar-refractivity contribution is 5.50. The van der Waals surface area contributed by atoms with Crippen molar-refractivity contribution in [1.29, 1.82) is 0 Å². The molecule has 0 aliphatic heterocycles. The van der Waals surface area contributed by atoms with E-state index in [0.29, 0.717) is 11.7 Å². The van der Waals surface area contributed by atoms with E-state index in [0.717, 1.165) is 17.5 Å². The second kappa shape index (κ2) is 6.00. The summed E-state index contributed by atoms with van der Waals surface area (Å²) in [5.41, 5.74) is 9.47. The fourth-order valence-corrected chi connectivity index (χ4v) is 2.48. The van der Waals surface area contributed by atoms with Gasteiger partial charge in [0.2, 0.25) is 0 Å². The molecule has 3 N–H and O–H groups in total. The molecule has 0 fully saturated rings. The van der Waals surface area contributed by atoms with Gasteiger partial charge < -0.3 is 10.8 Å². The molecule has 0 spiro atoms. The van der Waals surface area contributed by atoms with Crippen LogP contribution in [0.2, 0.25) is 0 Å². The first-order valence-corrected chi connectivity index (χ1v) is 8.03. The Labute approximate surface area is 130 Å². The van der Waals surface area contributed by atoms with Crippen LogP contribution in [0.1, 0.15) is 84.5 Å². The quantitative estimate of drug-likeness (QED) is 0.820. The molecule has 0 aromatic heterocycles. The SMILES string of the molecule is CCC(C)[C@H](N)c1cc(C(C)(C)C)cc(C(C)(C)C)c1O. The molecular formula is C19H33NO. The zero-order chi connectivity index (χ0) is 16.6. The topological polar surface area (TPSA) is 46.2 Å². The van der Waals surface area contributed by atoms with E-state index in [2.05, 4.69) is 67.5 Å². The first-order valence-electron chi connectivity index (χ1n) is 8.03. The van der Waals surface area contributed by atoms with Gasteiger partial charge in [-0.1, -0.05) is 67.9 Å². The predicted molar refractivity (Wildman–Crippen MR) is 91.9 cm³/mol. The van der Waals surface area contributed by atoms with Crippen LogP contribution in [-0.2, 0) is 10.8 Å². The molecule has 2 heteroatoms. The normalized spacial score (nSPS) is 15.9. The third-order valence-electron chi connectivity index (χ3n) is 4.43. The molecule has 120 valence electrons. The van der Waals surface area contributed by atoms with E-state index in [4.69, 9.17) is 5.73 Å². The predicted octanol–water partition coefficient (Wildman–Crippen LogP) is 5.03. The Hall–Kier alpha value is -1.02. The maximum absolute atomic E-state index is 10.7. The Bertz CT molecular complexity index is 492. The molecule has 0 amide bonds. The van der Waals surface area contributed by atoms with Crippen LogP contribution in [0.3, 0.4) is 0 Å². The van der Waals surface area contributed by atoms with Gasteiger partial charge >= 0.3 is 0 Å². The van der Waals surface area contributed by atoms with Crippen molar-refractivity contribution in [3.63, 3.8) is 0 Å². The second-order valence-electron chi connectivity index (χ2n) is 8.37. The summed E-state index contributed by atoms with van der Waals surface area (Å²) < 4.78 is 0. The van der Waals surface area contributed by atoms with E-state index in [9.17, 15) is 5.11 Å². The molecule has 1 aromatic carbocycles. The molecule has 2 nitrogen and oxygen atoms in total. The Kier molecular flexibility index (Phi) is 5.15. The molecule has 0 saturated heterocycles. The van der Waals surface area contributed by atoms with Gasteiger partial charge in [-0.25, -0.2) is 0 Å². The third-order valence-corrected chi connectivity index (χ3v) is 4.43. The van der Waals surface area contributed by atoms with Crippen molar-refractivity contribution in [3.05, 3.63) is 28.8 Å². The first kappa shape index (κ1) is 18.0. The average molecular weight is 291 g/mol. The minimum absolute atomic E-state index is 0.0393. The lowest BCUT2D eigenvalue weighted by atomic mass is 9.77. The van der Waals surface area contributed by atoms with Crippen LogP contribution in [0.4, 0.5) is 0 Å². The molecule has 0 saturated carbocycles. The van der Waals surface area contributed by atoms with Crippen molar-refractivity contribution in [2.75, 3.05) is 0 Å². The summed E-state index contributed by atoms with van der Waals surface area (Å²) >= 11 is 0. The Morgan fingerprint density at radius 2 is 1.57 bits per heavy atom. The zero-order valence-corrected chi connectivity index (χ0v) is 15.0. The lowest BCUT2D eigenvalue weighted by molar-refractivity contribution is 0.403. The zero-order valence-electron chi connectivity index (χ0n) is 15.0. The van der Waals surface area contributed by atoms with Gasteiger partial charge in [0.25, 0.3) is 0 Å². The lowest BCUT2D eigenvalue weighted by Gasteiger charge is -2.30. The summed E-state index contributed by atoms with van der Waals surface area (Å²) in [6.07, 6.45) is 1.01. The van der Waals surface area contributed by atoms with E-state index < -0.39 is 0 Å². The molecule has 1 rings (SSSR count). The van der Waals surface area contributed by atoms with E-state index >= 15 is 0 Å². The molecule has 0 bridgehead atoms. The van der Waals surface area contributed by atoms with Crippen molar-refractivity contribution in [1.82, 2.24) is 0 Å². The van der Waals surface area contributed by atoms with Gasteiger partial charge in [-0.2, -0.15) is 0 Å². The van der Waals surface area contributed by atoms with Crippen LogP contribution in [0.5, 0.6) is 5.75 Å². The highest BCUT2D eigenvalue weighted by Crippen LogP contribution is 2.41. The van der Waals surface area contributed by atoms with Crippen LogP contribution in [0.15, 0.2) is 12.1 Å². The van der Waals surface area contributed by atoms with Crippen molar-refractivity contribution in [2.24, 2.45) is 11.7 Å². The van der Waals surface area contributed by atoms with Crippen LogP contribution in [0.25, 0.3) is 0 Å². The van der Waals surface area contributed by atoms with E-state index in [1.807, 2.05) is 0 Å². The van der Waals surface area contributed by atoms with Crippen LogP contribution in [0, 0.1) is 5.92 Å². The highest BCUT2D eigenvalue weighted by atomic mass is 16.3. The summed E-state index contributed by atoms with van der Waals surface area (Å²) in [6.45, 7) is 17.3. The summed E-state index contributed by atoms with van der Waals surface area (Å²) in [5.74, 6) is 0.724. The summed E-state index contributed by atoms with van der Waals surface area (Å²) in [4.78, 5) is 0. The Balaban J connectivity index is 3.56. The van der Waals surface area contributed by atoms with Gasteiger partial charge in [0.15, 0.2) is 0 Å². The van der Waals surface area contributed by atoms with Crippen molar-refractivity contribution >= 4 is 0 Å². The van der Waals surface area contributed by atoms with Crippen molar-refractivity contribution in [3.8, 4) is 5.75 Å². The Morgan fingerprint density at radius 3 is 1.95 bits per heavy atom. The number of rotatable bonds is 3. The van der Waals surface area contributed by atoms with Crippen LogP contribution < -0.4 is 5.73 Å². The molecule has 1 unspecified atom stereocenters. The van der Waals surface area contributed by atoms with E-state index in [1.165, 1.54) is 5.56 Å². The minimum atomic E-state index is -0.126. The van der Waals surface area contributed by atoms with Gasteiger partial charge in [0.05, 0.1) is 0 Å². The van der Waals surface area contributed by atoms with Crippen molar-refractivity contribution in [2.45, 2.75) is 78.7 Å². The number of hydrogen-bond acceptors (Lipinski definition) is 2. The summed E-state index contributed by atoms with van der Waals surface area (Å²) in [5, 5.41) is 10.7. The maximum Gasteiger partial charge on any atom is 0.124 e. The average Bonchev–Trinajstić information content (AvgIpc) is 2.34.